The summed E-state index contributed by atoms with van der Waals surface area (Å²) < 4.78 is 32.9. The average molecular weight is 346 g/mol. The third-order valence-corrected chi connectivity index (χ3v) is 4.15. The monoisotopic (exact) mass is 346 g/mol. The van der Waals surface area contributed by atoms with E-state index in [4.69, 9.17) is 28.4 Å². The van der Waals surface area contributed by atoms with Gasteiger partial charge in [-0.15, -0.1) is 0 Å². The third-order valence-electron chi connectivity index (χ3n) is 4.15. The van der Waals surface area contributed by atoms with E-state index in [2.05, 4.69) is 0 Å². The van der Waals surface area contributed by atoms with Crippen LogP contribution in [0.4, 0.5) is 4.79 Å². The second-order valence-electron chi connectivity index (χ2n) is 8.40. The van der Waals surface area contributed by atoms with Gasteiger partial charge in [-0.25, -0.2) is 4.79 Å². The molecule has 24 heavy (non-hydrogen) atoms. The fourth-order valence-electron chi connectivity index (χ4n) is 2.23. The Kier molecular flexibility index (Phi) is 5.49. The Morgan fingerprint density at radius 3 is 1.29 bits per heavy atom. The normalized spacial score (nSPS) is 27.2. The van der Waals surface area contributed by atoms with E-state index in [-0.39, 0.29) is 24.0 Å². The van der Waals surface area contributed by atoms with Crippen LogP contribution >= 0.6 is 0 Å². The van der Waals surface area contributed by atoms with E-state index < -0.39 is 17.7 Å². The Morgan fingerprint density at radius 2 is 1.00 bits per heavy atom. The van der Waals surface area contributed by atoms with Crippen molar-refractivity contribution in [1.82, 2.24) is 0 Å². The van der Waals surface area contributed by atoms with Crippen molar-refractivity contribution < 1.29 is 33.2 Å². The van der Waals surface area contributed by atoms with Crippen LogP contribution in [0.15, 0.2) is 0 Å². The van der Waals surface area contributed by atoms with Crippen LogP contribution in [0.3, 0.4) is 0 Å². The van der Waals surface area contributed by atoms with Crippen molar-refractivity contribution in [2.45, 2.75) is 53.1 Å². The lowest BCUT2D eigenvalue weighted by molar-refractivity contribution is -0.289. The van der Waals surface area contributed by atoms with Crippen LogP contribution in [0.25, 0.3) is 0 Å². The highest BCUT2D eigenvalue weighted by Crippen LogP contribution is 2.31. The molecule has 2 aliphatic rings. The van der Waals surface area contributed by atoms with E-state index in [9.17, 15) is 4.79 Å². The first-order chi connectivity index (χ1) is 10.9. The molecule has 0 aromatic heterocycles. The first-order valence-corrected chi connectivity index (χ1v) is 8.28. The lowest BCUT2D eigenvalue weighted by Crippen LogP contribution is -2.48. The topological polar surface area (TPSA) is 72.5 Å². The zero-order chi connectivity index (χ0) is 18.1. The summed E-state index contributed by atoms with van der Waals surface area (Å²) in [6.07, 6.45) is -0.702. The van der Waals surface area contributed by atoms with Gasteiger partial charge in [0.25, 0.3) is 0 Å². The molecule has 0 aliphatic carbocycles. The molecule has 0 aromatic carbocycles. The van der Waals surface area contributed by atoms with Crippen molar-refractivity contribution in [2.75, 3.05) is 39.6 Å². The molecule has 7 heteroatoms. The van der Waals surface area contributed by atoms with Crippen molar-refractivity contribution in [1.29, 1.82) is 0 Å². The molecule has 2 saturated heterocycles. The number of hydrogen-bond acceptors (Lipinski definition) is 7. The Labute approximate surface area is 143 Å². The van der Waals surface area contributed by atoms with Gasteiger partial charge in [0.15, 0.2) is 11.6 Å². The SMILES string of the molecule is CC1(COC(=O)OCC2(C)COC(C)(C)OC2)COC(C)(C)OC1. The predicted molar refractivity (Wildman–Crippen MR) is 85.5 cm³/mol. The molecule has 0 N–H and O–H groups in total. The molecule has 0 amide bonds. The molecule has 0 spiro atoms. The van der Waals surface area contributed by atoms with Crippen molar-refractivity contribution in [3.05, 3.63) is 0 Å². The van der Waals surface area contributed by atoms with E-state index in [0.717, 1.165) is 0 Å². The van der Waals surface area contributed by atoms with Crippen LogP contribution in [-0.2, 0) is 28.4 Å². The Hall–Kier alpha value is -0.890. The van der Waals surface area contributed by atoms with Crippen molar-refractivity contribution in [2.24, 2.45) is 10.8 Å². The van der Waals surface area contributed by atoms with Gasteiger partial charge >= 0.3 is 6.16 Å². The van der Waals surface area contributed by atoms with Gasteiger partial charge in [-0.1, -0.05) is 13.8 Å². The van der Waals surface area contributed by atoms with E-state index in [1.807, 2.05) is 41.5 Å². The Morgan fingerprint density at radius 1 is 0.708 bits per heavy atom. The summed E-state index contributed by atoms with van der Waals surface area (Å²) in [5, 5.41) is 0. The fraction of sp³-hybridized carbons (Fsp3) is 0.941. The molecule has 2 aliphatic heterocycles. The van der Waals surface area contributed by atoms with Gasteiger partial charge < -0.3 is 28.4 Å². The molecular formula is C17H30O7. The molecule has 2 fully saturated rings. The molecule has 0 bridgehead atoms. The van der Waals surface area contributed by atoms with E-state index in [1.54, 1.807) is 0 Å². The number of ether oxygens (including phenoxy) is 6. The van der Waals surface area contributed by atoms with E-state index >= 15 is 0 Å². The van der Waals surface area contributed by atoms with Crippen LogP contribution in [0.2, 0.25) is 0 Å². The van der Waals surface area contributed by atoms with Crippen molar-refractivity contribution >= 4 is 6.16 Å². The number of rotatable bonds is 4. The van der Waals surface area contributed by atoms with Crippen LogP contribution < -0.4 is 0 Å². The molecule has 0 aromatic rings. The average Bonchev–Trinajstić information content (AvgIpc) is 2.51. The Balaban J connectivity index is 1.70. The van der Waals surface area contributed by atoms with Gasteiger partial charge in [-0.05, 0) is 27.7 Å². The van der Waals surface area contributed by atoms with Crippen molar-refractivity contribution in [3.8, 4) is 0 Å². The molecule has 7 nitrogen and oxygen atoms in total. The van der Waals surface area contributed by atoms with Gasteiger partial charge in [0.1, 0.15) is 13.2 Å². The molecule has 0 atom stereocenters. The highest BCUT2D eigenvalue weighted by Gasteiger charge is 2.39. The van der Waals surface area contributed by atoms with Crippen LogP contribution in [0.1, 0.15) is 41.5 Å². The number of carbonyl (C=O) groups is 1. The minimum atomic E-state index is -0.702. The van der Waals surface area contributed by atoms with Crippen molar-refractivity contribution in [3.63, 3.8) is 0 Å². The maximum atomic E-state index is 11.9. The smallest absolute Gasteiger partial charge is 0.434 e. The summed E-state index contributed by atoms with van der Waals surface area (Å²) >= 11 is 0. The maximum absolute atomic E-state index is 11.9. The predicted octanol–water partition coefficient (Wildman–Crippen LogP) is 2.72. The second kappa shape index (κ2) is 6.78. The Bertz CT molecular complexity index is 398. The number of carbonyl (C=O) groups excluding carboxylic acids is 1. The summed E-state index contributed by atoms with van der Waals surface area (Å²) in [5.74, 6) is -1.19. The highest BCUT2D eigenvalue weighted by atomic mass is 16.7. The highest BCUT2D eigenvalue weighted by molar-refractivity contribution is 5.59. The summed E-state index contributed by atoms with van der Waals surface area (Å²) in [5.41, 5.74) is -0.751. The zero-order valence-electron chi connectivity index (χ0n) is 15.6. The van der Waals surface area contributed by atoms with Gasteiger partial charge in [-0.2, -0.15) is 0 Å². The van der Waals surface area contributed by atoms with Gasteiger partial charge in [0.2, 0.25) is 0 Å². The second-order valence-corrected chi connectivity index (χ2v) is 8.40. The minimum absolute atomic E-state index is 0.179. The maximum Gasteiger partial charge on any atom is 0.508 e. The zero-order valence-corrected chi connectivity index (χ0v) is 15.6. The van der Waals surface area contributed by atoms with Gasteiger partial charge in [-0.3, -0.25) is 0 Å². The van der Waals surface area contributed by atoms with E-state index in [0.29, 0.717) is 26.4 Å². The van der Waals surface area contributed by atoms with E-state index in [1.165, 1.54) is 0 Å². The summed E-state index contributed by atoms with van der Waals surface area (Å²) in [6.45, 7) is 13.5. The first-order valence-electron chi connectivity index (χ1n) is 8.28. The van der Waals surface area contributed by atoms with Crippen LogP contribution in [0.5, 0.6) is 0 Å². The van der Waals surface area contributed by atoms with Crippen LogP contribution in [-0.4, -0.2) is 57.4 Å². The molecule has 2 rings (SSSR count). The van der Waals surface area contributed by atoms with Gasteiger partial charge in [0.05, 0.1) is 26.4 Å². The molecule has 0 saturated carbocycles. The largest absolute Gasteiger partial charge is 0.508 e. The molecule has 0 radical (unpaired) electrons. The minimum Gasteiger partial charge on any atom is -0.434 e. The molecule has 2 heterocycles. The lowest BCUT2D eigenvalue weighted by Gasteiger charge is -2.41. The first kappa shape index (κ1) is 19.4. The summed E-state index contributed by atoms with van der Waals surface area (Å²) in [4.78, 5) is 11.9. The molecule has 0 unspecified atom stereocenters. The fourth-order valence-corrected chi connectivity index (χ4v) is 2.23. The molecule has 140 valence electrons. The summed E-state index contributed by atoms with van der Waals surface area (Å²) in [6, 6.07) is 0. The lowest BCUT2D eigenvalue weighted by atomic mass is 9.93. The standard InChI is InChI=1S/C17H30O7/c1-14(2)21-9-16(5,10-22-14)7-19-13(18)20-8-17(6)11-23-15(3,4)24-12-17/h7-12H2,1-6H3. The van der Waals surface area contributed by atoms with Gasteiger partial charge in [0, 0.05) is 10.8 Å². The quantitative estimate of drug-likeness (QED) is 0.725. The number of hydrogen-bond donors (Lipinski definition) is 0. The third kappa shape index (κ3) is 5.58. The molecular weight excluding hydrogens is 316 g/mol. The van der Waals surface area contributed by atoms with Crippen LogP contribution in [0, 0.1) is 10.8 Å². The summed E-state index contributed by atoms with van der Waals surface area (Å²) in [7, 11) is 0.